The number of imide groups is 1. The van der Waals surface area contributed by atoms with Gasteiger partial charge in [-0.05, 0) is 29.8 Å². The third-order valence-electron chi connectivity index (χ3n) is 4.23. The minimum Gasteiger partial charge on any atom is -0.497 e. The first-order valence-electron chi connectivity index (χ1n) is 8.44. The lowest BCUT2D eigenvalue weighted by atomic mass is 9.85. The molecule has 1 N–H and O–H groups in total. The fourth-order valence-corrected chi connectivity index (χ4v) is 2.77. The summed E-state index contributed by atoms with van der Waals surface area (Å²) in [5.74, 6) is -1.98. The van der Waals surface area contributed by atoms with Gasteiger partial charge in [-0.25, -0.2) is 0 Å². The number of para-hydroxylation sites is 1. The number of amides is 2. The van der Waals surface area contributed by atoms with Gasteiger partial charge in [0.25, 0.3) is 5.91 Å². The molecule has 7 nitrogen and oxygen atoms in total. The van der Waals surface area contributed by atoms with Crippen molar-refractivity contribution in [3.63, 3.8) is 0 Å². The van der Waals surface area contributed by atoms with Crippen LogP contribution < -0.4 is 14.8 Å². The van der Waals surface area contributed by atoms with E-state index in [-0.39, 0.29) is 12.0 Å². The largest absolute Gasteiger partial charge is 0.497 e. The Balaban J connectivity index is 2.19. The van der Waals surface area contributed by atoms with Crippen LogP contribution in [0.3, 0.4) is 0 Å². The Hall–Kier alpha value is -3.84. The Morgan fingerprint density at radius 3 is 2.21 bits per heavy atom. The molecule has 0 saturated carbocycles. The van der Waals surface area contributed by atoms with Crippen molar-refractivity contribution in [2.45, 2.75) is 12.3 Å². The van der Waals surface area contributed by atoms with Gasteiger partial charge in [-0.3, -0.25) is 14.9 Å². The summed E-state index contributed by atoms with van der Waals surface area (Å²) >= 11 is 0. The molecule has 0 aromatic heterocycles. The molecule has 0 aliphatic rings. The molecule has 28 heavy (non-hydrogen) atoms. The van der Waals surface area contributed by atoms with E-state index in [4.69, 9.17) is 9.47 Å². The molecule has 0 aliphatic heterocycles. The lowest BCUT2D eigenvalue weighted by Crippen LogP contribution is -2.32. The molecule has 2 aromatic rings. The van der Waals surface area contributed by atoms with Crippen LogP contribution in [0.2, 0.25) is 0 Å². The number of rotatable bonds is 7. The van der Waals surface area contributed by atoms with Crippen molar-refractivity contribution >= 4 is 11.8 Å². The van der Waals surface area contributed by atoms with E-state index in [0.29, 0.717) is 17.1 Å². The number of hydrogen-bond acceptors (Lipinski definition) is 6. The van der Waals surface area contributed by atoms with Gasteiger partial charge >= 0.3 is 0 Å². The normalized spacial score (nSPS) is 11.0. The van der Waals surface area contributed by atoms with E-state index in [0.717, 1.165) is 0 Å². The number of hydrogen-bond donors (Lipinski definition) is 1. The SMILES string of the molecule is COc1ccc([C@H](CC(=O)NC(=O)c2ccccc2OC)C(C#N)C#N)cc1. The molecule has 0 spiro atoms. The summed E-state index contributed by atoms with van der Waals surface area (Å²) in [4.78, 5) is 24.8. The summed E-state index contributed by atoms with van der Waals surface area (Å²) < 4.78 is 10.2. The van der Waals surface area contributed by atoms with Crippen molar-refractivity contribution in [1.29, 1.82) is 10.5 Å². The second kappa shape index (κ2) is 9.75. The lowest BCUT2D eigenvalue weighted by molar-refractivity contribution is -0.120. The standard InChI is InChI=1S/C21H19N3O4/c1-27-16-9-7-14(8-10-16)18(15(12-22)13-23)11-20(25)24-21(26)17-5-3-4-6-19(17)28-2/h3-10,15,18H,11H2,1-2H3,(H,24,25,26)/t18-/m0/s1. The summed E-state index contributed by atoms with van der Waals surface area (Å²) in [7, 11) is 2.95. The lowest BCUT2D eigenvalue weighted by Gasteiger charge is -2.18. The first-order chi connectivity index (χ1) is 13.5. The summed E-state index contributed by atoms with van der Waals surface area (Å²) in [5, 5.41) is 20.9. The molecule has 7 heteroatoms. The monoisotopic (exact) mass is 377 g/mol. The van der Waals surface area contributed by atoms with Gasteiger partial charge in [0.1, 0.15) is 17.4 Å². The van der Waals surface area contributed by atoms with Gasteiger partial charge in [-0.2, -0.15) is 10.5 Å². The second-order valence-corrected chi connectivity index (χ2v) is 5.90. The predicted octanol–water partition coefficient (Wildman–Crippen LogP) is 2.80. The molecule has 142 valence electrons. The maximum Gasteiger partial charge on any atom is 0.261 e. The molecular formula is C21H19N3O4. The Kier molecular flexibility index (Phi) is 7.13. The summed E-state index contributed by atoms with van der Waals surface area (Å²) in [6.07, 6.45) is -0.195. The summed E-state index contributed by atoms with van der Waals surface area (Å²) in [6, 6.07) is 17.1. The topological polar surface area (TPSA) is 112 Å². The van der Waals surface area contributed by atoms with Crippen molar-refractivity contribution in [1.82, 2.24) is 5.32 Å². The van der Waals surface area contributed by atoms with Crippen molar-refractivity contribution in [2.75, 3.05) is 14.2 Å². The van der Waals surface area contributed by atoms with E-state index in [1.54, 1.807) is 42.5 Å². The highest BCUT2D eigenvalue weighted by Gasteiger charge is 2.27. The van der Waals surface area contributed by atoms with Crippen LogP contribution in [0.15, 0.2) is 48.5 Å². The maximum absolute atomic E-state index is 12.5. The third-order valence-corrected chi connectivity index (χ3v) is 4.23. The molecule has 0 saturated heterocycles. The first kappa shape index (κ1) is 20.5. The highest BCUT2D eigenvalue weighted by atomic mass is 16.5. The molecule has 0 unspecified atom stereocenters. The van der Waals surface area contributed by atoms with Gasteiger partial charge in [0, 0.05) is 12.3 Å². The van der Waals surface area contributed by atoms with Crippen LogP contribution in [-0.2, 0) is 4.79 Å². The van der Waals surface area contributed by atoms with E-state index >= 15 is 0 Å². The Morgan fingerprint density at radius 2 is 1.64 bits per heavy atom. The molecule has 0 aliphatic carbocycles. The molecule has 2 amide bonds. The molecule has 1 atom stereocenters. The van der Waals surface area contributed by atoms with Crippen LogP contribution in [0, 0.1) is 28.6 Å². The van der Waals surface area contributed by atoms with E-state index in [1.807, 2.05) is 12.1 Å². The first-order valence-corrected chi connectivity index (χ1v) is 8.44. The van der Waals surface area contributed by atoms with Gasteiger partial charge in [-0.15, -0.1) is 0 Å². The van der Waals surface area contributed by atoms with E-state index in [2.05, 4.69) is 5.32 Å². The van der Waals surface area contributed by atoms with Crippen LogP contribution in [0.5, 0.6) is 11.5 Å². The molecule has 2 rings (SSSR count). The number of carbonyl (C=O) groups excluding carboxylic acids is 2. The number of nitrogens with one attached hydrogen (secondary N) is 1. The fraction of sp³-hybridized carbons (Fsp3) is 0.238. The van der Waals surface area contributed by atoms with Crippen molar-refractivity contribution in [3.8, 4) is 23.6 Å². The highest BCUT2D eigenvalue weighted by molar-refractivity contribution is 6.06. The number of methoxy groups -OCH3 is 2. The van der Waals surface area contributed by atoms with Crippen LogP contribution in [0.25, 0.3) is 0 Å². The zero-order valence-electron chi connectivity index (χ0n) is 15.5. The predicted molar refractivity (Wildman–Crippen MR) is 101 cm³/mol. The van der Waals surface area contributed by atoms with Crippen LogP contribution >= 0.6 is 0 Å². The van der Waals surface area contributed by atoms with Gasteiger partial charge in [0.2, 0.25) is 5.91 Å². The Bertz CT molecular complexity index is 912. The average Bonchev–Trinajstić information content (AvgIpc) is 2.73. The van der Waals surface area contributed by atoms with Gasteiger partial charge in [0.05, 0.1) is 31.9 Å². The quantitative estimate of drug-likeness (QED) is 0.794. The summed E-state index contributed by atoms with van der Waals surface area (Å²) in [5.41, 5.74) is 0.852. The third kappa shape index (κ3) is 4.87. The number of benzene rings is 2. The van der Waals surface area contributed by atoms with Crippen LogP contribution in [0.4, 0.5) is 0 Å². The van der Waals surface area contributed by atoms with Gasteiger partial charge < -0.3 is 9.47 Å². The zero-order valence-corrected chi connectivity index (χ0v) is 15.5. The Labute approximate surface area is 163 Å². The molecule has 0 radical (unpaired) electrons. The zero-order chi connectivity index (χ0) is 20.5. The maximum atomic E-state index is 12.5. The minimum absolute atomic E-state index is 0.195. The van der Waals surface area contributed by atoms with E-state index < -0.39 is 23.7 Å². The van der Waals surface area contributed by atoms with Crippen LogP contribution in [0.1, 0.15) is 28.3 Å². The van der Waals surface area contributed by atoms with Crippen molar-refractivity contribution < 1.29 is 19.1 Å². The second-order valence-electron chi connectivity index (χ2n) is 5.90. The molecular weight excluding hydrogens is 358 g/mol. The molecule has 0 heterocycles. The molecule has 0 fully saturated rings. The number of carbonyl (C=O) groups is 2. The van der Waals surface area contributed by atoms with Crippen molar-refractivity contribution in [3.05, 3.63) is 59.7 Å². The molecule has 0 bridgehead atoms. The van der Waals surface area contributed by atoms with Gasteiger partial charge in [0.15, 0.2) is 0 Å². The number of nitrogens with zero attached hydrogens (tertiary/aromatic N) is 2. The number of nitriles is 2. The average molecular weight is 377 g/mol. The Morgan fingerprint density at radius 1 is 1.00 bits per heavy atom. The van der Waals surface area contributed by atoms with Crippen molar-refractivity contribution in [2.24, 2.45) is 5.92 Å². The van der Waals surface area contributed by atoms with Gasteiger partial charge in [-0.1, -0.05) is 24.3 Å². The van der Waals surface area contributed by atoms with E-state index in [1.165, 1.54) is 20.3 Å². The smallest absolute Gasteiger partial charge is 0.261 e. The van der Waals surface area contributed by atoms with E-state index in [9.17, 15) is 20.1 Å². The van der Waals surface area contributed by atoms with Crippen LogP contribution in [-0.4, -0.2) is 26.0 Å². The minimum atomic E-state index is -1.04. The highest BCUT2D eigenvalue weighted by Crippen LogP contribution is 2.29. The number of ether oxygens (including phenoxy) is 2. The molecule has 2 aromatic carbocycles. The fourth-order valence-electron chi connectivity index (χ4n) is 2.77. The summed E-state index contributed by atoms with van der Waals surface area (Å²) in [6.45, 7) is 0.